The van der Waals surface area contributed by atoms with E-state index >= 15 is 0 Å². The summed E-state index contributed by atoms with van der Waals surface area (Å²) in [5, 5.41) is 3.41. The third-order valence-corrected chi connectivity index (χ3v) is 5.49. The predicted molar refractivity (Wildman–Crippen MR) is 86.1 cm³/mol. The van der Waals surface area contributed by atoms with Crippen LogP contribution in [0.2, 0.25) is 8.67 Å². The van der Waals surface area contributed by atoms with Gasteiger partial charge in [0.2, 0.25) is 0 Å². The molecule has 1 aliphatic rings. The highest BCUT2D eigenvalue weighted by Crippen LogP contribution is 2.44. The Morgan fingerprint density at radius 2 is 2.30 bits per heavy atom. The average Bonchev–Trinajstić information content (AvgIpc) is 2.79. The van der Waals surface area contributed by atoms with Crippen LogP contribution in [0.15, 0.2) is 24.4 Å². The standard InChI is InChI=1S/C15H16Cl2N2S/c1-18-14(11-8-12(16)20-15(11)17)10-6-2-4-9-5-3-7-19-13(9)10/h3,5,7-8,10,14,18H,2,4,6H2,1H3. The highest BCUT2D eigenvalue weighted by Gasteiger charge is 2.31. The second-order valence-corrected chi connectivity index (χ2v) is 7.38. The maximum Gasteiger partial charge on any atom is 0.0992 e. The number of likely N-dealkylation sites (N-methyl/N-ethyl adjacent to an activating group) is 1. The van der Waals surface area contributed by atoms with E-state index in [1.807, 2.05) is 25.4 Å². The molecule has 0 bridgehead atoms. The maximum absolute atomic E-state index is 6.34. The Bertz CT molecular complexity index is 612. The van der Waals surface area contributed by atoms with Gasteiger partial charge in [-0.05, 0) is 44.0 Å². The van der Waals surface area contributed by atoms with Crippen molar-refractivity contribution >= 4 is 34.5 Å². The highest BCUT2D eigenvalue weighted by atomic mass is 35.5. The van der Waals surface area contributed by atoms with Crippen molar-refractivity contribution in [2.24, 2.45) is 0 Å². The quantitative estimate of drug-likeness (QED) is 0.873. The number of rotatable bonds is 3. The predicted octanol–water partition coefficient (Wildman–Crippen LogP) is 4.83. The molecule has 0 saturated heterocycles. The van der Waals surface area contributed by atoms with Crippen molar-refractivity contribution in [1.82, 2.24) is 10.3 Å². The van der Waals surface area contributed by atoms with Crippen LogP contribution in [-0.4, -0.2) is 12.0 Å². The van der Waals surface area contributed by atoms with Gasteiger partial charge in [-0.15, -0.1) is 11.3 Å². The molecule has 2 atom stereocenters. The zero-order valence-corrected chi connectivity index (χ0v) is 13.5. The maximum atomic E-state index is 6.34. The third kappa shape index (κ3) is 2.60. The molecule has 106 valence electrons. The molecule has 2 aromatic rings. The summed E-state index contributed by atoms with van der Waals surface area (Å²) in [4.78, 5) is 4.62. The van der Waals surface area contributed by atoms with Gasteiger partial charge in [0.15, 0.2) is 0 Å². The fourth-order valence-electron chi connectivity index (χ4n) is 3.11. The number of hydrogen-bond donors (Lipinski definition) is 1. The van der Waals surface area contributed by atoms with Crippen LogP contribution in [0.1, 0.15) is 41.6 Å². The van der Waals surface area contributed by atoms with Crippen LogP contribution in [0.4, 0.5) is 0 Å². The van der Waals surface area contributed by atoms with Crippen molar-refractivity contribution in [3.63, 3.8) is 0 Å². The molecule has 2 aromatic heterocycles. The Morgan fingerprint density at radius 1 is 1.45 bits per heavy atom. The van der Waals surface area contributed by atoms with Crippen molar-refractivity contribution in [3.8, 4) is 0 Å². The summed E-state index contributed by atoms with van der Waals surface area (Å²) >= 11 is 13.9. The van der Waals surface area contributed by atoms with Gasteiger partial charge >= 0.3 is 0 Å². The normalized spacial score (nSPS) is 19.6. The van der Waals surface area contributed by atoms with E-state index in [1.54, 1.807) is 0 Å². The van der Waals surface area contributed by atoms with Crippen LogP contribution in [0.5, 0.6) is 0 Å². The Balaban J connectivity index is 2.01. The lowest BCUT2D eigenvalue weighted by Crippen LogP contribution is -2.27. The summed E-state index contributed by atoms with van der Waals surface area (Å²) in [6, 6.07) is 6.35. The number of aromatic nitrogens is 1. The fourth-order valence-corrected chi connectivity index (χ4v) is 4.66. The van der Waals surface area contributed by atoms with Gasteiger partial charge in [0.1, 0.15) is 0 Å². The van der Waals surface area contributed by atoms with E-state index < -0.39 is 0 Å². The highest BCUT2D eigenvalue weighted by molar-refractivity contribution is 7.20. The molecule has 3 rings (SSSR count). The van der Waals surface area contributed by atoms with Gasteiger partial charge < -0.3 is 5.32 Å². The second-order valence-electron chi connectivity index (χ2n) is 5.09. The number of halogens is 2. The van der Waals surface area contributed by atoms with Crippen molar-refractivity contribution in [3.05, 3.63) is 49.9 Å². The molecule has 0 saturated carbocycles. The summed E-state index contributed by atoms with van der Waals surface area (Å²) < 4.78 is 1.51. The molecule has 2 heterocycles. The molecule has 0 aliphatic heterocycles. The molecule has 0 radical (unpaired) electrons. The summed E-state index contributed by atoms with van der Waals surface area (Å²) in [6.45, 7) is 0. The minimum atomic E-state index is 0.167. The van der Waals surface area contributed by atoms with Crippen molar-refractivity contribution in [2.75, 3.05) is 7.05 Å². The van der Waals surface area contributed by atoms with Gasteiger partial charge in [0, 0.05) is 29.4 Å². The van der Waals surface area contributed by atoms with Crippen molar-refractivity contribution in [2.45, 2.75) is 31.2 Å². The van der Waals surface area contributed by atoms with Crippen molar-refractivity contribution < 1.29 is 0 Å². The van der Waals surface area contributed by atoms with Crippen LogP contribution in [-0.2, 0) is 6.42 Å². The van der Waals surface area contributed by atoms with Crippen LogP contribution in [0, 0.1) is 0 Å². The Kier molecular flexibility index (Phi) is 4.32. The van der Waals surface area contributed by atoms with E-state index in [1.165, 1.54) is 29.0 Å². The zero-order chi connectivity index (χ0) is 14.1. The first-order chi connectivity index (χ1) is 9.70. The molecule has 1 aliphatic carbocycles. The first kappa shape index (κ1) is 14.3. The lowest BCUT2D eigenvalue weighted by atomic mass is 9.80. The van der Waals surface area contributed by atoms with E-state index in [0.29, 0.717) is 5.92 Å². The average molecular weight is 327 g/mol. The van der Waals surface area contributed by atoms with Crippen molar-refractivity contribution in [1.29, 1.82) is 0 Å². The Hall–Kier alpha value is -0.610. The molecular weight excluding hydrogens is 311 g/mol. The van der Waals surface area contributed by atoms with Gasteiger partial charge in [0.05, 0.1) is 8.67 Å². The SMILES string of the molecule is CNC(c1cc(Cl)sc1Cl)C1CCCc2cccnc21. The molecule has 0 fully saturated rings. The van der Waals surface area contributed by atoms with Crippen LogP contribution >= 0.6 is 34.5 Å². The number of pyridine rings is 1. The van der Waals surface area contributed by atoms with Crippen LogP contribution < -0.4 is 5.32 Å². The molecular formula is C15H16Cl2N2S. The van der Waals surface area contributed by atoms with Gasteiger partial charge in [-0.25, -0.2) is 0 Å². The largest absolute Gasteiger partial charge is 0.312 e. The summed E-state index contributed by atoms with van der Waals surface area (Å²) in [7, 11) is 1.98. The minimum Gasteiger partial charge on any atom is -0.312 e. The number of nitrogens with one attached hydrogen (secondary N) is 1. The summed E-state index contributed by atoms with van der Waals surface area (Å²) in [5.74, 6) is 0.355. The van der Waals surface area contributed by atoms with E-state index in [4.69, 9.17) is 23.2 Å². The minimum absolute atomic E-state index is 0.167. The number of thiophene rings is 1. The van der Waals surface area contributed by atoms with E-state index in [0.717, 1.165) is 27.1 Å². The number of aryl methyl sites for hydroxylation is 1. The first-order valence-electron chi connectivity index (χ1n) is 6.76. The molecule has 0 spiro atoms. The van der Waals surface area contributed by atoms with Gasteiger partial charge in [0.25, 0.3) is 0 Å². The molecule has 2 nitrogen and oxygen atoms in total. The zero-order valence-electron chi connectivity index (χ0n) is 11.2. The number of hydrogen-bond acceptors (Lipinski definition) is 3. The van der Waals surface area contributed by atoms with E-state index in [-0.39, 0.29) is 6.04 Å². The molecule has 0 amide bonds. The van der Waals surface area contributed by atoms with E-state index in [9.17, 15) is 0 Å². The molecule has 5 heteroatoms. The van der Waals surface area contributed by atoms with E-state index in [2.05, 4.69) is 16.4 Å². The van der Waals surface area contributed by atoms with Crippen LogP contribution in [0.25, 0.3) is 0 Å². The lowest BCUT2D eigenvalue weighted by molar-refractivity contribution is 0.416. The van der Waals surface area contributed by atoms with Gasteiger partial charge in [-0.1, -0.05) is 29.3 Å². The molecule has 1 N–H and O–H groups in total. The van der Waals surface area contributed by atoms with Gasteiger partial charge in [-0.3, -0.25) is 4.98 Å². The Labute approximate surface area is 133 Å². The third-order valence-electron chi connectivity index (χ3n) is 3.97. The topological polar surface area (TPSA) is 24.9 Å². The lowest BCUT2D eigenvalue weighted by Gasteiger charge is -2.31. The summed E-state index contributed by atoms with van der Waals surface area (Å²) in [5.41, 5.74) is 3.66. The second kappa shape index (κ2) is 6.02. The number of fused-ring (bicyclic) bond motifs is 1. The van der Waals surface area contributed by atoms with Crippen LogP contribution in [0.3, 0.4) is 0 Å². The first-order valence-corrected chi connectivity index (χ1v) is 8.33. The summed E-state index contributed by atoms with van der Waals surface area (Å²) in [6.07, 6.45) is 5.32. The molecule has 2 unspecified atom stereocenters. The number of nitrogens with zero attached hydrogens (tertiary/aromatic N) is 1. The molecule has 0 aromatic carbocycles. The van der Waals surface area contributed by atoms with Gasteiger partial charge in [-0.2, -0.15) is 0 Å². The smallest absolute Gasteiger partial charge is 0.0992 e. The Morgan fingerprint density at radius 3 is 3.00 bits per heavy atom. The molecule has 20 heavy (non-hydrogen) atoms. The monoisotopic (exact) mass is 326 g/mol. The fraction of sp³-hybridized carbons (Fsp3) is 0.400.